The molecule has 1 aliphatic rings. The number of esters is 1. The molecule has 1 atom stereocenters. The Bertz CT molecular complexity index is 517. The summed E-state index contributed by atoms with van der Waals surface area (Å²) in [5.41, 5.74) is 0.914. The van der Waals surface area contributed by atoms with Crippen LogP contribution in [0.3, 0.4) is 0 Å². The van der Waals surface area contributed by atoms with Crippen LogP contribution in [0.5, 0.6) is 0 Å². The topological polar surface area (TPSA) is 84.5 Å². The van der Waals surface area contributed by atoms with Crippen molar-refractivity contribution in [1.82, 2.24) is 10.6 Å². The van der Waals surface area contributed by atoms with E-state index in [1.807, 2.05) is 11.4 Å². The SMILES string of the molecule is O=C1NC(=O)[C@@H](CCC(=O)OCc2csc(Br)c2)N1. The zero-order valence-electron chi connectivity index (χ0n) is 9.77. The summed E-state index contributed by atoms with van der Waals surface area (Å²) < 4.78 is 6.04. The first-order chi connectivity index (χ1) is 9.04. The predicted molar refractivity (Wildman–Crippen MR) is 71.5 cm³/mol. The number of halogens is 1. The van der Waals surface area contributed by atoms with Crippen molar-refractivity contribution in [3.8, 4) is 0 Å². The van der Waals surface area contributed by atoms with E-state index in [0.717, 1.165) is 9.35 Å². The lowest BCUT2D eigenvalue weighted by atomic mass is 10.1. The number of carbonyl (C=O) groups is 3. The maximum absolute atomic E-state index is 11.5. The Morgan fingerprint density at radius 3 is 2.84 bits per heavy atom. The van der Waals surface area contributed by atoms with Gasteiger partial charge in [-0.1, -0.05) is 0 Å². The summed E-state index contributed by atoms with van der Waals surface area (Å²) in [6.07, 6.45) is 0.327. The summed E-state index contributed by atoms with van der Waals surface area (Å²) >= 11 is 4.84. The number of amides is 3. The molecule has 3 amide bonds. The van der Waals surface area contributed by atoms with Gasteiger partial charge in [-0.05, 0) is 33.8 Å². The predicted octanol–water partition coefficient (Wildman–Crippen LogP) is 1.54. The van der Waals surface area contributed by atoms with Crippen molar-refractivity contribution in [2.75, 3.05) is 0 Å². The van der Waals surface area contributed by atoms with Crippen LogP contribution in [0.1, 0.15) is 18.4 Å². The summed E-state index contributed by atoms with van der Waals surface area (Å²) in [4.78, 5) is 33.6. The third-order valence-corrected chi connectivity index (χ3v) is 4.07. The summed E-state index contributed by atoms with van der Waals surface area (Å²) in [6, 6.07) is 0.713. The lowest BCUT2D eigenvalue weighted by Gasteiger charge is -2.06. The van der Waals surface area contributed by atoms with Gasteiger partial charge < -0.3 is 10.1 Å². The van der Waals surface area contributed by atoms with Gasteiger partial charge in [0.1, 0.15) is 12.6 Å². The molecule has 0 spiro atoms. The number of thiophene rings is 1. The average molecular weight is 347 g/mol. The highest BCUT2D eigenvalue weighted by atomic mass is 79.9. The van der Waals surface area contributed by atoms with Gasteiger partial charge in [0.05, 0.1) is 3.79 Å². The Balaban J connectivity index is 1.70. The molecule has 1 aromatic rings. The molecule has 0 unspecified atom stereocenters. The van der Waals surface area contributed by atoms with Crippen LogP contribution in [0.2, 0.25) is 0 Å². The van der Waals surface area contributed by atoms with E-state index in [1.54, 1.807) is 0 Å². The molecule has 1 aromatic heterocycles. The summed E-state index contributed by atoms with van der Waals surface area (Å²) in [7, 11) is 0. The molecule has 2 rings (SSSR count). The van der Waals surface area contributed by atoms with Crippen molar-refractivity contribution >= 4 is 45.2 Å². The smallest absolute Gasteiger partial charge is 0.322 e. The van der Waals surface area contributed by atoms with Crippen LogP contribution in [0.4, 0.5) is 4.79 Å². The minimum absolute atomic E-state index is 0.0870. The van der Waals surface area contributed by atoms with Crippen LogP contribution in [-0.2, 0) is 20.9 Å². The monoisotopic (exact) mass is 346 g/mol. The number of hydrogen-bond donors (Lipinski definition) is 2. The zero-order valence-corrected chi connectivity index (χ0v) is 12.2. The Labute approximate surface area is 121 Å². The van der Waals surface area contributed by atoms with Crippen molar-refractivity contribution in [3.63, 3.8) is 0 Å². The molecule has 1 saturated heterocycles. The molecular weight excluding hydrogens is 336 g/mol. The normalized spacial score (nSPS) is 18.1. The van der Waals surface area contributed by atoms with Gasteiger partial charge in [-0.25, -0.2) is 4.79 Å². The standard InChI is InChI=1S/C11H11BrN2O4S/c12-8-3-6(5-19-8)4-18-9(15)2-1-7-10(16)14-11(17)13-7/h3,5,7H,1-2,4H2,(H2,13,14,16,17)/t7-/m1/s1. The Morgan fingerprint density at radius 1 is 1.47 bits per heavy atom. The van der Waals surface area contributed by atoms with E-state index in [4.69, 9.17) is 4.74 Å². The van der Waals surface area contributed by atoms with Crippen molar-refractivity contribution in [1.29, 1.82) is 0 Å². The first-order valence-corrected chi connectivity index (χ1v) is 7.22. The number of ether oxygens (including phenoxy) is 1. The Hall–Kier alpha value is -1.41. The minimum atomic E-state index is -0.643. The highest BCUT2D eigenvalue weighted by molar-refractivity contribution is 9.11. The van der Waals surface area contributed by atoms with Gasteiger partial charge in [0, 0.05) is 12.0 Å². The maximum Gasteiger partial charge on any atom is 0.322 e. The van der Waals surface area contributed by atoms with Crippen LogP contribution < -0.4 is 10.6 Å². The fraction of sp³-hybridized carbons (Fsp3) is 0.364. The van der Waals surface area contributed by atoms with E-state index in [-0.39, 0.29) is 19.4 Å². The maximum atomic E-state index is 11.5. The summed E-state index contributed by atoms with van der Waals surface area (Å²) in [5.74, 6) is -0.796. The molecule has 0 bridgehead atoms. The first kappa shape index (κ1) is 14.0. The molecule has 2 heterocycles. The van der Waals surface area contributed by atoms with Gasteiger partial charge in [-0.15, -0.1) is 11.3 Å². The van der Waals surface area contributed by atoms with Crippen LogP contribution in [0, 0.1) is 0 Å². The van der Waals surface area contributed by atoms with Crippen molar-refractivity contribution in [2.24, 2.45) is 0 Å². The molecule has 0 aliphatic carbocycles. The van der Waals surface area contributed by atoms with Crippen molar-refractivity contribution < 1.29 is 19.1 Å². The molecule has 1 fully saturated rings. The highest BCUT2D eigenvalue weighted by Gasteiger charge is 2.29. The third kappa shape index (κ3) is 4.03. The van der Waals surface area contributed by atoms with Gasteiger partial charge in [0.25, 0.3) is 5.91 Å². The Morgan fingerprint density at radius 2 is 2.26 bits per heavy atom. The van der Waals surface area contributed by atoms with Gasteiger partial charge >= 0.3 is 12.0 Å². The highest BCUT2D eigenvalue weighted by Crippen LogP contribution is 2.21. The van der Waals surface area contributed by atoms with Gasteiger partial charge in [-0.2, -0.15) is 0 Å². The van der Waals surface area contributed by atoms with Gasteiger partial charge in [0.2, 0.25) is 0 Å². The Kier molecular flexibility index (Phi) is 4.54. The molecule has 0 radical (unpaired) electrons. The van der Waals surface area contributed by atoms with Gasteiger partial charge in [0.15, 0.2) is 0 Å². The number of urea groups is 1. The molecule has 0 aromatic carbocycles. The van der Waals surface area contributed by atoms with Crippen LogP contribution in [0.15, 0.2) is 15.2 Å². The van der Waals surface area contributed by atoms with E-state index >= 15 is 0 Å². The fourth-order valence-electron chi connectivity index (χ4n) is 1.58. The number of hydrogen-bond acceptors (Lipinski definition) is 5. The van der Waals surface area contributed by atoms with Crippen LogP contribution in [-0.4, -0.2) is 23.9 Å². The van der Waals surface area contributed by atoms with Gasteiger partial charge in [-0.3, -0.25) is 14.9 Å². The number of imide groups is 1. The van der Waals surface area contributed by atoms with E-state index in [9.17, 15) is 14.4 Å². The zero-order chi connectivity index (χ0) is 13.8. The second kappa shape index (κ2) is 6.16. The first-order valence-electron chi connectivity index (χ1n) is 5.54. The fourth-order valence-corrected chi connectivity index (χ4v) is 2.78. The molecule has 2 N–H and O–H groups in total. The summed E-state index contributed by atoms with van der Waals surface area (Å²) in [5, 5.41) is 6.42. The van der Waals surface area contributed by atoms with E-state index in [1.165, 1.54) is 11.3 Å². The third-order valence-electron chi connectivity index (χ3n) is 2.52. The molecule has 19 heavy (non-hydrogen) atoms. The summed E-state index contributed by atoms with van der Waals surface area (Å²) in [6.45, 7) is 0.212. The number of rotatable bonds is 5. The molecule has 8 heteroatoms. The van der Waals surface area contributed by atoms with E-state index in [0.29, 0.717) is 0 Å². The molecule has 0 saturated carbocycles. The lowest BCUT2D eigenvalue weighted by molar-refractivity contribution is -0.145. The molecule has 6 nitrogen and oxygen atoms in total. The van der Waals surface area contributed by atoms with E-state index in [2.05, 4.69) is 26.6 Å². The number of carbonyl (C=O) groups excluding carboxylic acids is 3. The van der Waals surface area contributed by atoms with Crippen LogP contribution in [0.25, 0.3) is 0 Å². The van der Waals surface area contributed by atoms with Crippen LogP contribution >= 0.6 is 27.3 Å². The quantitative estimate of drug-likeness (QED) is 0.625. The largest absolute Gasteiger partial charge is 0.461 e. The second-order valence-corrected chi connectivity index (χ2v) is 6.26. The average Bonchev–Trinajstić information content (AvgIpc) is 2.90. The van der Waals surface area contributed by atoms with Crippen molar-refractivity contribution in [2.45, 2.75) is 25.5 Å². The second-order valence-electron chi connectivity index (χ2n) is 3.97. The molecule has 1 aliphatic heterocycles. The minimum Gasteiger partial charge on any atom is -0.461 e. The molecular formula is C11H11BrN2O4S. The molecule has 102 valence electrons. The van der Waals surface area contributed by atoms with Crippen molar-refractivity contribution in [3.05, 3.63) is 20.8 Å². The lowest BCUT2D eigenvalue weighted by Crippen LogP contribution is -2.29. The van der Waals surface area contributed by atoms with E-state index < -0.39 is 23.9 Å². The number of nitrogens with one attached hydrogen (secondary N) is 2.